The van der Waals surface area contributed by atoms with E-state index in [0.717, 1.165) is 12.2 Å². The highest BCUT2D eigenvalue weighted by Gasteiger charge is 1.89. The van der Waals surface area contributed by atoms with Crippen LogP contribution < -0.4 is 0 Å². The molecule has 20 heavy (non-hydrogen) atoms. The van der Waals surface area contributed by atoms with Crippen LogP contribution in [0.4, 0.5) is 0 Å². The van der Waals surface area contributed by atoms with Crippen molar-refractivity contribution >= 4 is 6.21 Å². The highest BCUT2D eigenvalue weighted by Crippen LogP contribution is 2.00. The number of rotatable bonds is 11. The van der Waals surface area contributed by atoms with E-state index in [-0.39, 0.29) is 0 Å². The molecule has 0 unspecified atom stereocenters. The lowest BCUT2D eigenvalue weighted by Gasteiger charge is -2.02. The van der Waals surface area contributed by atoms with Gasteiger partial charge in [-0.1, -0.05) is 31.2 Å². The first kappa shape index (κ1) is 18.0. The number of ether oxygens (including phenoxy) is 2. The number of hydrogen-bond acceptors (Lipinski definition) is 3. The molecule has 0 aliphatic rings. The van der Waals surface area contributed by atoms with Gasteiger partial charge in [-0.3, -0.25) is 4.99 Å². The Morgan fingerprint density at radius 2 is 2.10 bits per heavy atom. The van der Waals surface area contributed by atoms with Crippen LogP contribution in [-0.2, 0) is 9.47 Å². The molecule has 0 rings (SSSR count). The molecule has 0 N–H and O–H groups in total. The second-order valence-corrected chi connectivity index (χ2v) is 3.76. The molecule has 0 saturated carbocycles. The molecule has 0 heterocycles. The zero-order valence-corrected chi connectivity index (χ0v) is 12.5. The fraction of sp³-hybridized carbons (Fsp3) is 0.353. The average molecular weight is 275 g/mol. The quantitative estimate of drug-likeness (QED) is 0.186. The summed E-state index contributed by atoms with van der Waals surface area (Å²) in [4.78, 5) is 4.09. The van der Waals surface area contributed by atoms with Gasteiger partial charge in [-0.25, -0.2) is 0 Å². The van der Waals surface area contributed by atoms with E-state index in [1.807, 2.05) is 37.3 Å². The summed E-state index contributed by atoms with van der Waals surface area (Å²) in [6, 6.07) is 0. The van der Waals surface area contributed by atoms with Crippen molar-refractivity contribution in [3.8, 4) is 0 Å². The van der Waals surface area contributed by atoms with Crippen molar-refractivity contribution in [3.05, 3.63) is 61.1 Å². The summed E-state index contributed by atoms with van der Waals surface area (Å²) >= 11 is 0. The molecule has 0 bridgehead atoms. The molecular weight excluding hydrogens is 250 g/mol. The Hall–Kier alpha value is -2.03. The van der Waals surface area contributed by atoms with Gasteiger partial charge in [-0.15, -0.1) is 6.58 Å². The molecule has 110 valence electrons. The number of hydrogen-bond donors (Lipinski definition) is 0. The van der Waals surface area contributed by atoms with E-state index in [1.165, 1.54) is 0 Å². The third kappa shape index (κ3) is 12.4. The lowest BCUT2D eigenvalue weighted by molar-refractivity contribution is 0.275. The van der Waals surface area contributed by atoms with Crippen LogP contribution in [0.1, 0.15) is 20.3 Å². The van der Waals surface area contributed by atoms with E-state index in [1.54, 1.807) is 18.6 Å². The third-order valence-corrected chi connectivity index (χ3v) is 2.05. The van der Waals surface area contributed by atoms with Crippen LogP contribution in [0.25, 0.3) is 0 Å². The van der Waals surface area contributed by atoms with E-state index < -0.39 is 0 Å². The number of aliphatic imine (C=N–C) groups is 1. The largest absolute Gasteiger partial charge is 0.497 e. The Morgan fingerprint density at radius 1 is 1.25 bits per heavy atom. The van der Waals surface area contributed by atoms with Crippen LogP contribution in [0.5, 0.6) is 0 Å². The summed E-state index contributed by atoms with van der Waals surface area (Å²) in [6.07, 6.45) is 17.7. The van der Waals surface area contributed by atoms with Crippen LogP contribution >= 0.6 is 0 Å². The Balaban J connectivity index is 4.09. The highest BCUT2D eigenvalue weighted by molar-refractivity contribution is 5.58. The summed E-state index contributed by atoms with van der Waals surface area (Å²) in [7, 11) is 0. The van der Waals surface area contributed by atoms with E-state index in [0.29, 0.717) is 19.8 Å². The highest BCUT2D eigenvalue weighted by atomic mass is 16.5. The zero-order chi connectivity index (χ0) is 14.9. The SMILES string of the molecule is C=CCN=CCOC(/C=C\C)=C/C=C/OC/C=C/CC. The van der Waals surface area contributed by atoms with Crippen molar-refractivity contribution < 1.29 is 9.47 Å². The van der Waals surface area contributed by atoms with Crippen molar-refractivity contribution in [2.24, 2.45) is 4.99 Å². The first-order valence-corrected chi connectivity index (χ1v) is 6.83. The predicted molar refractivity (Wildman–Crippen MR) is 86.9 cm³/mol. The molecular formula is C17H25NO2. The van der Waals surface area contributed by atoms with Gasteiger partial charge < -0.3 is 9.47 Å². The molecule has 0 aliphatic heterocycles. The molecule has 0 aromatic heterocycles. The summed E-state index contributed by atoms with van der Waals surface area (Å²) in [5.41, 5.74) is 0. The molecule has 0 aromatic rings. The molecule has 0 radical (unpaired) electrons. The summed E-state index contributed by atoms with van der Waals surface area (Å²) in [5.74, 6) is 0.765. The van der Waals surface area contributed by atoms with Gasteiger partial charge in [-0.05, 0) is 31.6 Å². The Bertz CT molecular complexity index is 376. The average Bonchev–Trinajstić information content (AvgIpc) is 2.46. The normalized spacial score (nSPS) is 13.0. The van der Waals surface area contributed by atoms with Crippen LogP contribution in [0.15, 0.2) is 66.1 Å². The summed E-state index contributed by atoms with van der Waals surface area (Å²) in [6.45, 7) is 9.28. The molecule has 0 amide bonds. The van der Waals surface area contributed by atoms with Crippen molar-refractivity contribution in [2.75, 3.05) is 19.8 Å². The van der Waals surface area contributed by atoms with Crippen LogP contribution in [0.3, 0.4) is 0 Å². The standard InChI is InChI=1S/C17H25NO2/c1-4-7-8-14-19-15-9-11-17(10-5-2)20-16-13-18-12-6-3/h5-11,13,15H,3-4,12,14,16H2,1-2H3/b8-7+,10-5-,15-9+,17-11+,18-13?. The van der Waals surface area contributed by atoms with Crippen molar-refractivity contribution in [1.29, 1.82) is 0 Å². The van der Waals surface area contributed by atoms with Crippen LogP contribution in [0, 0.1) is 0 Å². The predicted octanol–water partition coefficient (Wildman–Crippen LogP) is 4.22. The van der Waals surface area contributed by atoms with E-state index in [4.69, 9.17) is 9.47 Å². The number of nitrogens with zero attached hydrogens (tertiary/aromatic N) is 1. The van der Waals surface area contributed by atoms with E-state index >= 15 is 0 Å². The van der Waals surface area contributed by atoms with E-state index in [9.17, 15) is 0 Å². The minimum Gasteiger partial charge on any atom is -0.497 e. The smallest absolute Gasteiger partial charge is 0.123 e. The molecule has 3 nitrogen and oxygen atoms in total. The molecule has 0 atom stereocenters. The molecule has 0 spiro atoms. The maximum Gasteiger partial charge on any atom is 0.123 e. The molecule has 0 aromatic carbocycles. The third-order valence-electron chi connectivity index (χ3n) is 2.05. The first-order valence-electron chi connectivity index (χ1n) is 6.83. The monoisotopic (exact) mass is 275 g/mol. The van der Waals surface area contributed by atoms with Crippen molar-refractivity contribution in [2.45, 2.75) is 20.3 Å². The van der Waals surface area contributed by atoms with Gasteiger partial charge in [0.1, 0.15) is 19.0 Å². The fourth-order valence-electron chi connectivity index (χ4n) is 1.19. The molecule has 0 saturated heterocycles. The first-order chi connectivity index (χ1) is 9.85. The molecule has 0 fully saturated rings. The lowest BCUT2D eigenvalue weighted by Crippen LogP contribution is -1.94. The fourth-order valence-corrected chi connectivity index (χ4v) is 1.19. The molecule has 0 aliphatic carbocycles. The minimum absolute atomic E-state index is 0.442. The van der Waals surface area contributed by atoms with Crippen LogP contribution in [-0.4, -0.2) is 26.0 Å². The van der Waals surface area contributed by atoms with Gasteiger partial charge in [0.25, 0.3) is 0 Å². The van der Waals surface area contributed by atoms with Gasteiger partial charge in [-0.2, -0.15) is 0 Å². The second-order valence-electron chi connectivity index (χ2n) is 3.76. The topological polar surface area (TPSA) is 30.8 Å². The Morgan fingerprint density at radius 3 is 2.80 bits per heavy atom. The van der Waals surface area contributed by atoms with E-state index in [2.05, 4.69) is 24.6 Å². The Kier molecular flexibility index (Phi) is 13.5. The molecule has 3 heteroatoms. The maximum atomic E-state index is 5.54. The van der Waals surface area contributed by atoms with Gasteiger partial charge in [0.2, 0.25) is 0 Å². The van der Waals surface area contributed by atoms with Gasteiger partial charge in [0, 0.05) is 6.21 Å². The van der Waals surface area contributed by atoms with Crippen molar-refractivity contribution in [1.82, 2.24) is 0 Å². The summed E-state index contributed by atoms with van der Waals surface area (Å²) < 4.78 is 10.8. The van der Waals surface area contributed by atoms with Gasteiger partial charge in [0.15, 0.2) is 0 Å². The van der Waals surface area contributed by atoms with Gasteiger partial charge >= 0.3 is 0 Å². The minimum atomic E-state index is 0.442. The zero-order valence-electron chi connectivity index (χ0n) is 12.5. The number of allylic oxidation sites excluding steroid dienone is 5. The van der Waals surface area contributed by atoms with Crippen LogP contribution in [0.2, 0.25) is 0 Å². The second kappa shape index (κ2) is 15.0. The summed E-state index contributed by atoms with van der Waals surface area (Å²) in [5, 5.41) is 0. The lowest BCUT2D eigenvalue weighted by atomic mass is 10.4. The maximum absolute atomic E-state index is 5.54. The van der Waals surface area contributed by atoms with Gasteiger partial charge in [0.05, 0.1) is 12.8 Å². The Labute approximate surface area is 122 Å². The van der Waals surface area contributed by atoms with Crippen molar-refractivity contribution in [3.63, 3.8) is 0 Å².